The molecule has 2 aromatic rings. The van der Waals surface area contributed by atoms with E-state index in [2.05, 4.69) is 5.32 Å². The van der Waals surface area contributed by atoms with Crippen molar-refractivity contribution in [2.45, 2.75) is 10.7 Å². The second kappa shape index (κ2) is 8.86. The second-order valence-electron chi connectivity index (χ2n) is 4.69. The highest BCUT2D eigenvalue weighted by Gasteiger charge is 2.11. The van der Waals surface area contributed by atoms with E-state index < -0.39 is 11.7 Å². The van der Waals surface area contributed by atoms with Crippen LogP contribution in [0.5, 0.6) is 0 Å². The van der Waals surface area contributed by atoms with Gasteiger partial charge in [-0.15, -0.1) is 0 Å². The van der Waals surface area contributed by atoms with Crippen LogP contribution in [-0.4, -0.2) is 11.7 Å². The standard InChI is InChI=1S/C17H10Cl2F2N2OS/c18-12-2-1-10(15(19)8-12)7-11(9-22)16(24)23-13-3-5-14(6-4-13)25-17(20)21/h1-8,17H,(H,23,24). The molecule has 0 unspecified atom stereocenters. The molecule has 0 aliphatic heterocycles. The molecule has 1 amide bonds. The predicted molar refractivity (Wildman–Crippen MR) is 97.0 cm³/mol. The molecule has 0 saturated carbocycles. The maximum Gasteiger partial charge on any atom is 0.288 e. The Kier molecular flexibility index (Phi) is 6.82. The summed E-state index contributed by atoms with van der Waals surface area (Å²) in [5.74, 6) is -3.15. The molecular formula is C17H10Cl2F2N2OS. The van der Waals surface area contributed by atoms with Crippen molar-refractivity contribution in [3.05, 3.63) is 63.6 Å². The van der Waals surface area contributed by atoms with Gasteiger partial charge in [-0.3, -0.25) is 4.79 Å². The van der Waals surface area contributed by atoms with Gasteiger partial charge < -0.3 is 5.32 Å². The van der Waals surface area contributed by atoms with Crippen LogP contribution in [0.15, 0.2) is 52.9 Å². The fourth-order valence-electron chi connectivity index (χ4n) is 1.84. The van der Waals surface area contributed by atoms with Crippen LogP contribution in [0.2, 0.25) is 10.0 Å². The van der Waals surface area contributed by atoms with Crippen LogP contribution in [0.1, 0.15) is 5.56 Å². The zero-order valence-corrected chi connectivity index (χ0v) is 14.8. The molecule has 2 aromatic carbocycles. The van der Waals surface area contributed by atoms with E-state index in [4.69, 9.17) is 23.2 Å². The van der Waals surface area contributed by atoms with Crippen LogP contribution >= 0.6 is 35.0 Å². The zero-order valence-electron chi connectivity index (χ0n) is 12.5. The van der Waals surface area contributed by atoms with E-state index in [-0.39, 0.29) is 5.57 Å². The summed E-state index contributed by atoms with van der Waals surface area (Å²) < 4.78 is 24.6. The zero-order chi connectivity index (χ0) is 18.4. The first kappa shape index (κ1) is 19.3. The van der Waals surface area contributed by atoms with E-state index in [1.807, 2.05) is 0 Å². The Labute approximate surface area is 157 Å². The molecular weight excluding hydrogens is 389 g/mol. The molecule has 0 aromatic heterocycles. The van der Waals surface area contributed by atoms with E-state index in [0.29, 0.717) is 38.0 Å². The summed E-state index contributed by atoms with van der Waals surface area (Å²) >= 11 is 12.2. The molecule has 0 aliphatic carbocycles. The van der Waals surface area contributed by atoms with Crippen molar-refractivity contribution in [1.29, 1.82) is 5.26 Å². The first-order chi connectivity index (χ1) is 11.9. The van der Waals surface area contributed by atoms with E-state index >= 15 is 0 Å². The summed E-state index contributed by atoms with van der Waals surface area (Å²) in [7, 11) is 0. The van der Waals surface area contributed by atoms with Gasteiger partial charge in [-0.05, 0) is 48.0 Å². The third-order valence-electron chi connectivity index (χ3n) is 2.96. The highest BCUT2D eigenvalue weighted by Crippen LogP contribution is 2.26. The van der Waals surface area contributed by atoms with Gasteiger partial charge in [0.25, 0.3) is 11.7 Å². The molecule has 3 nitrogen and oxygen atoms in total. The fraction of sp³-hybridized carbons (Fsp3) is 0.0588. The number of carbonyl (C=O) groups excluding carboxylic acids is 1. The Hall–Kier alpha value is -2.07. The Balaban J connectivity index is 2.14. The smallest absolute Gasteiger partial charge is 0.288 e. The summed E-state index contributed by atoms with van der Waals surface area (Å²) in [6, 6.07) is 12.4. The Morgan fingerprint density at radius 3 is 2.44 bits per heavy atom. The maximum atomic E-state index is 12.3. The number of rotatable bonds is 5. The third kappa shape index (κ3) is 5.75. The average Bonchev–Trinajstić information content (AvgIpc) is 2.55. The van der Waals surface area contributed by atoms with Gasteiger partial charge in [-0.25, -0.2) is 0 Å². The number of halogens is 4. The molecule has 2 rings (SSSR count). The van der Waals surface area contributed by atoms with Crippen molar-refractivity contribution in [3.8, 4) is 6.07 Å². The van der Waals surface area contributed by atoms with Gasteiger partial charge in [0.2, 0.25) is 0 Å². The molecule has 1 N–H and O–H groups in total. The number of anilines is 1. The molecule has 8 heteroatoms. The van der Waals surface area contributed by atoms with Gasteiger partial charge in [0, 0.05) is 20.6 Å². The highest BCUT2D eigenvalue weighted by atomic mass is 35.5. The summed E-state index contributed by atoms with van der Waals surface area (Å²) in [5.41, 5.74) is 0.698. The fourth-order valence-corrected chi connectivity index (χ4v) is 2.80. The lowest BCUT2D eigenvalue weighted by atomic mass is 10.1. The van der Waals surface area contributed by atoms with Crippen LogP contribution in [0.4, 0.5) is 14.5 Å². The number of carbonyl (C=O) groups is 1. The predicted octanol–water partition coefficient (Wildman–Crippen LogP) is 5.85. The van der Waals surface area contributed by atoms with Crippen molar-refractivity contribution in [2.75, 3.05) is 5.32 Å². The first-order valence-electron chi connectivity index (χ1n) is 6.82. The van der Waals surface area contributed by atoms with Gasteiger partial charge in [-0.2, -0.15) is 14.0 Å². The molecule has 0 radical (unpaired) electrons. The summed E-state index contributed by atoms with van der Waals surface area (Å²) in [5, 5.41) is 12.5. The number of nitrogens with one attached hydrogen (secondary N) is 1. The van der Waals surface area contributed by atoms with Crippen molar-refractivity contribution < 1.29 is 13.6 Å². The van der Waals surface area contributed by atoms with Gasteiger partial charge in [0.1, 0.15) is 11.6 Å². The second-order valence-corrected chi connectivity index (χ2v) is 6.60. The average molecular weight is 399 g/mol. The number of benzene rings is 2. The molecule has 0 aliphatic rings. The van der Waals surface area contributed by atoms with Crippen LogP contribution in [-0.2, 0) is 4.79 Å². The van der Waals surface area contributed by atoms with Crippen LogP contribution < -0.4 is 5.32 Å². The largest absolute Gasteiger partial charge is 0.321 e. The molecule has 0 fully saturated rings. The van der Waals surface area contributed by atoms with Gasteiger partial charge in [0.05, 0.1) is 0 Å². The molecule has 0 bridgehead atoms. The lowest BCUT2D eigenvalue weighted by Crippen LogP contribution is -2.13. The minimum absolute atomic E-state index is 0.157. The minimum Gasteiger partial charge on any atom is -0.321 e. The number of amides is 1. The SMILES string of the molecule is N#CC(=Cc1ccc(Cl)cc1Cl)C(=O)Nc1ccc(SC(F)F)cc1. The van der Waals surface area contributed by atoms with Gasteiger partial charge in [0.15, 0.2) is 0 Å². The van der Waals surface area contributed by atoms with E-state index in [1.165, 1.54) is 36.4 Å². The number of thioether (sulfide) groups is 1. The molecule has 0 atom stereocenters. The molecule has 0 heterocycles. The molecule has 0 spiro atoms. The van der Waals surface area contributed by atoms with Crippen LogP contribution in [0, 0.1) is 11.3 Å². The Morgan fingerprint density at radius 1 is 1.20 bits per heavy atom. The van der Waals surface area contributed by atoms with E-state index in [9.17, 15) is 18.8 Å². The molecule has 25 heavy (non-hydrogen) atoms. The summed E-state index contributed by atoms with van der Waals surface area (Å²) in [6.07, 6.45) is 1.34. The van der Waals surface area contributed by atoms with E-state index in [0.717, 1.165) is 0 Å². The third-order valence-corrected chi connectivity index (χ3v) is 4.25. The normalized spacial score (nSPS) is 11.3. The molecule has 128 valence electrons. The summed E-state index contributed by atoms with van der Waals surface area (Å²) in [4.78, 5) is 12.6. The quantitative estimate of drug-likeness (QED) is 0.390. The topological polar surface area (TPSA) is 52.9 Å². The number of nitriles is 1. The van der Waals surface area contributed by atoms with Crippen molar-refractivity contribution in [1.82, 2.24) is 0 Å². The van der Waals surface area contributed by atoms with Gasteiger partial charge in [-0.1, -0.05) is 41.0 Å². The molecule has 0 saturated heterocycles. The maximum absolute atomic E-state index is 12.3. The van der Waals surface area contributed by atoms with Crippen molar-refractivity contribution >= 4 is 52.6 Å². The number of nitrogens with zero attached hydrogens (tertiary/aromatic N) is 1. The Bertz CT molecular complexity index is 849. The van der Waals surface area contributed by atoms with E-state index in [1.54, 1.807) is 18.2 Å². The minimum atomic E-state index is -2.52. The van der Waals surface area contributed by atoms with Crippen molar-refractivity contribution in [3.63, 3.8) is 0 Å². The number of alkyl halides is 2. The van der Waals surface area contributed by atoms with Crippen LogP contribution in [0.25, 0.3) is 6.08 Å². The highest BCUT2D eigenvalue weighted by molar-refractivity contribution is 7.99. The Morgan fingerprint density at radius 2 is 1.88 bits per heavy atom. The first-order valence-corrected chi connectivity index (χ1v) is 8.45. The summed E-state index contributed by atoms with van der Waals surface area (Å²) in [6.45, 7) is 0. The number of hydrogen-bond acceptors (Lipinski definition) is 3. The number of hydrogen-bond donors (Lipinski definition) is 1. The monoisotopic (exact) mass is 398 g/mol. The van der Waals surface area contributed by atoms with Crippen LogP contribution in [0.3, 0.4) is 0 Å². The lowest BCUT2D eigenvalue weighted by molar-refractivity contribution is -0.112. The lowest BCUT2D eigenvalue weighted by Gasteiger charge is -2.06. The van der Waals surface area contributed by atoms with Gasteiger partial charge >= 0.3 is 0 Å². The van der Waals surface area contributed by atoms with Crippen molar-refractivity contribution in [2.24, 2.45) is 0 Å².